The number of fused-ring (bicyclic) bond motifs is 3. The molecule has 9 heterocycles. The van der Waals surface area contributed by atoms with Gasteiger partial charge in [0.15, 0.2) is 5.78 Å². The summed E-state index contributed by atoms with van der Waals surface area (Å²) >= 11 is 0. The first-order valence-corrected chi connectivity index (χ1v) is 39.8. The van der Waals surface area contributed by atoms with Crippen molar-refractivity contribution in [1.29, 1.82) is 0 Å². The largest absolute Gasteiger partial charge is 0.511 e. The quantitative estimate of drug-likeness (QED) is 0.0192. The molecule has 3 saturated heterocycles. The summed E-state index contributed by atoms with van der Waals surface area (Å²) in [6.45, 7) is 20.1. The number of ketones is 1. The number of anilines is 3. The SMILES string of the molecule is C=C(O)C(c1ccccc1C1CC1OC)N1CC[C@@H](OCCCCc2ccc3c(n2)NCCC3)C1.C=C(O)C(c1ccccc1C1C[C@H]1OC)N1CC[C@@H](OCCCCc2ccc3c(n2)NCCC3)C1.COc1cccc([C@@H](C(C)=O)N2CC[C@@H](OCCCCc3ccc4c(n3)NCCC4)C2)c1C1CC1. The van der Waals surface area contributed by atoms with Crippen LogP contribution in [0.3, 0.4) is 0 Å². The van der Waals surface area contributed by atoms with Crippen LogP contribution in [0.2, 0.25) is 0 Å². The highest BCUT2D eigenvalue weighted by atomic mass is 16.5. The number of nitrogens with one attached hydrogen (secondary N) is 3. The number of aromatic nitrogens is 3. The second-order valence-corrected chi connectivity index (χ2v) is 30.8. The number of hydrogen-bond acceptors (Lipinski definition) is 18. The van der Waals surface area contributed by atoms with Crippen molar-refractivity contribution in [3.8, 4) is 5.75 Å². The molecule has 18 heteroatoms. The van der Waals surface area contributed by atoms with Crippen LogP contribution in [0.15, 0.2) is 128 Å². The Balaban J connectivity index is 0.000000140. The molecule has 0 spiro atoms. The fraction of sp³-hybridized carbons (Fsp3) is 0.563. The van der Waals surface area contributed by atoms with Gasteiger partial charge >= 0.3 is 0 Å². The number of pyridine rings is 3. The van der Waals surface area contributed by atoms with Gasteiger partial charge in [-0.25, -0.2) is 15.0 Å². The Kier molecular flexibility index (Phi) is 26.8. The van der Waals surface area contributed by atoms with E-state index in [4.69, 9.17) is 43.4 Å². The van der Waals surface area contributed by atoms with Crippen molar-refractivity contribution in [1.82, 2.24) is 29.7 Å². The van der Waals surface area contributed by atoms with Gasteiger partial charge in [0.25, 0.3) is 0 Å². The Labute approximate surface area is 624 Å². The van der Waals surface area contributed by atoms with E-state index >= 15 is 0 Å². The van der Waals surface area contributed by atoms with Gasteiger partial charge in [-0.1, -0.05) is 92.0 Å². The molecule has 3 aromatic carbocycles. The molecule has 18 nitrogen and oxygen atoms in total. The summed E-state index contributed by atoms with van der Waals surface area (Å²) in [7, 11) is 5.28. The maximum absolute atomic E-state index is 12.8. The third kappa shape index (κ3) is 19.9. The number of carbonyl (C=O) groups excluding carboxylic acids is 1. The molecule has 6 aromatic rings. The van der Waals surface area contributed by atoms with Crippen LogP contribution in [0.4, 0.5) is 17.5 Å². The van der Waals surface area contributed by atoms with E-state index in [2.05, 4.69) is 135 Å². The van der Waals surface area contributed by atoms with Crippen LogP contribution in [0.5, 0.6) is 5.75 Å². The Morgan fingerprint density at radius 2 is 0.886 bits per heavy atom. The standard InChI is InChI=1S/3C29H39N3O3/c1-20(33)28(25-9-5-10-26(34-2)27(25)21-11-12-21)32-17-15-24(19-32)35-18-4-3-8-23-14-13-22-7-6-16-30-29(22)31-23;2*1-20(33)28(25-11-4-3-10-24(25)26-18-27(26)34-2)32-16-14-23(19-32)35-17-6-5-9-22-13-12-21-8-7-15-30-29(21)31-22/h5,9-10,13-14,21,24,28H,3-4,6-8,11-12,15-19H2,1-2H3,(H,30,31);2*3-4,10-13,23,26-28,33H,1,5-9,14-19H2,2H3,(H,30,31)/t24-,28-;23-,26?,27?,28?;23-,26?,27-,28?/m111/s1. The maximum atomic E-state index is 12.8. The molecule has 105 heavy (non-hydrogen) atoms. The van der Waals surface area contributed by atoms with E-state index in [1.54, 1.807) is 28.3 Å². The van der Waals surface area contributed by atoms with E-state index in [0.717, 1.165) is 228 Å². The smallest absolute Gasteiger partial charge is 0.151 e. The summed E-state index contributed by atoms with van der Waals surface area (Å²) < 4.78 is 35.5. The number of hydrogen-bond donors (Lipinski definition) is 5. The van der Waals surface area contributed by atoms with E-state index in [9.17, 15) is 15.0 Å². The van der Waals surface area contributed by atoms with E-state index < -0.39 is 0 Å². The number of rotatable bonds is 33. The summed E-state index contributed by atoms with van der Waals surface area (Å²) in [5.74, 6) is 6.13. The van der Waals surface area contributed by atoms with Crippen LogP contribution in [-0.4, -0.2) is 176 Å². The van der Waals surface area contributed by atoms with Crippen LogP contribution in [0, 0.1) is 0 Å². The third-order valence-electron chi connectivity index (χ3n) is 23.1. The Bertz CT molecular complexity index is 3700. The van der Waals surface area contributed by atoms with Gasteiger partial charge in [-0.2, -0.15) is 0 Å². The highest BCUT2D eigenvalue weighted by molar-refractivity contribution is 5.84. The number of aliphatic hydroxyl groups excluding tert-OH is 2. The van der Waals surface area contributed by atoms with Gasteiger partial charge in [0.1, 0.15) is 34.7 Å². The second kappa shape index (κ2) is 37.0. The number of methoxy groups -OCH3 is 3. The first-order valence-electron chi connectivity index (χ1n) is 39.8. The minimum Gasteiger partial charge on any atom is -0.511 e. The first-order chi connectivity index (χ1) is 51.4. The van der Waals surface area contributed by atoms with E-state index in [1.165, 1.54) is 82.6 Å². The number of likely N-dealkylation sites (tertiary alicyclic amines) is 3. The van der Waals surface area contributed by atoms with Crippen molar-refractivity contribution in [2.45, 2.75) is 215 Å². The number of ether oxygens (including phenoxy) is 6. The highest BCUT2D eigenvalue weighted by Gasteiger charge is 2.44. The van der Waals surface area contributed by atoms with Crippen LogP contribution < -0.4 is 20.7 Å². The van der Waals surface area contributed by atoms with E-state index in [0.29, 0.717) is 17.8 Å². The van der Waals surface area contributed by atoms with Gasteiger partial charge in [0, 0.05) is 127 Å². The molecular weight excluding hydrogens is 1320 g/mol. The lowest BCUT2D eigenvalue weighted by atomic mass is 9.93. The molecule has 9 aliphatic rings. The van der Waals surface area contributed by atoms with Crippen molar-refractivity contribution in [3.63, 3.8) is 0 Å². The van der Waals surface area contributed by atoms with Crippen molar-refractivity contribution >= 4 is 23.2 Å². The molecule has 5 N–H and O–H groups in total. The van der Waals surface area contributed by atoms with Gasteiger partial charge in [-0.05, 0) is 223 Å². The number of unbranched alkanes of at least 4 members (excludes halogenated alkanes) is 3. The van der Waals surface area contributed by atoms with Crippen LogP contribution >= 0.6 is 0 Å². The first kappa shape index (κ1) is 76.0. The lowest BCUT2D eigenvalue weighted by Crippen LogP contribution is -2.33. The molecule has 3 saturated carbocycles. The van der Waals surface area contributed by atoms with Gasteiger partial charge < -0.3 is 54.6 Å². The summed E-state index contributed by atoms with van der Waals surface area (Å²) in [6.07, 6.45) is 24.8. The zero-order chi connectivity index (χ0) is 72.6. The molecule has 15 rings (SSSR count). The predicted octanol–water partition coefficient (Wildman–Crippen LogP) is 15.4. The average molecular weight is 1430 g/mol. The summed E-state index contributed by atoms with van der Waals surface area (Å²) in [5.41, 5.74) is 14.7. The minimum absolute atomic E-state index is 0.193. The summed E-state index contributed by atoms with van der Waals surface area (Å²) in [6, 6.07) is 35.7. The number of aliphatic hydroxyl groups is 2. The molecular formula is C87H117N9O9. The molecule has 0 amide bonds. The second-order valence-electron chi connectivity index (χ2n) is 30.8. The Morgan fingerprint density at radius 3 is 1.25 bits per heavy atom. The van der Waals surface area contributed by atoms with Crippen LogP contribution in [-0.2, 0) is 67.0 Å². The maximum Gasteiger partial charge on any atom is 0.151 e. The highest BCUT2D eigenvalue weighted by Crippen LogP contribution is 2.50. The summed E-state index contributed by atoms with van der Waals surface area (Å²) in [4.78, 5) is 34.2. The lowest BCUT2D eigenvalue weighted by Gasteiger charge is -2.29. The molecule has 3 aromatic heterocycles. The van der Waals surface area contributed by atoms with Crippen LogP contribution in [0.1, 0.15) is 213 Å². The van der Waals surface area contributed by atoms with Crippen LogP contribution in [0.25, 0.3) is 0 Å². The molecule has 5 unspecified atom stereocenters. The molecule has 0 radical (unpaired) electrons. The topological polar surface area (TPSA) is 197 Å². The number of benzene rings is 3. The molecule has 6 fully saturated rings. The Morgan fingerprint density at radius 1 is 0.495 bits per heavy atom. The number of Topliss-reactive ketones (excluding diaryl/α,β-unsaturated/α-hetero) is 1. The monoisotopic (exact) mass is 1430 g/mol. The normalized spacial score (nSPS) is 23.3. The molecule has 0 bridgehead atoms. The van der Waals surface area contributed by atoms with Gasteiger partial charge in [-0.15, -0.1) is 0 Å². The third-order valence-corrected chi connectivity index (χ3v) is 23.1. The average Bonchev–Trinajstić information content (AvgIpc) is 1.61. The molecule has 3 aliphatic carbocycles. The van der Waals surface area contributed by atoms with Crippen molar-refractivity contribution < 1.29 is 43.4 Å². The number of nitrogens with zero attached hydrogens (tertiary/aromatic N) is 6. The van der Waals surface area contributed by atoms with Gasteiger partial charge in [0.2, 0.25) is 0 Å². The zero-order valence-corrected chi connectivity index (χ0v) is 63.1. The predicted molar refractivity (Wildman–Crippen MR) is 416 cm³/mol. The van der Waals surface area contributed by atoms with Crippen molar-refractivity contribution in [2.24, 2.45) is 0 Å². The zero-order valence-electron chi connectivity index (χ0n) is 63.1. The van der Waals surface area contributed by atoms with E-state index in [-0.39, 0.29) is 65.9 Å². The number of carbonyl (C=O) groups is 1. The van der Waals surface area contributed by atoms with Crippen molar-refractivity contribution in [3.05, 3.63) is 195 Å². The van der Waals surface area contributed by atoms with Gasteiger partial charge in [0.05, 0.1) is 55.8 Å². The summed E-state index contributed by atoms with van der Waals surface area (Å²) in [5, 5.41) is 31.4. The molecule has 10 atom stereocenters. The minimum atomic E-state index is -0.210. The van der Waals surface area contributed by atoms with E-state index in [1.807, 2.05) is 12.1 Å². The fourth-order valence-electron chi connectivity index (χ4n) is 17.2. The van der Waals surface area contributed by atoms with Gasteiger partial charge in [-0.3, -0.25) is 19.5 Å². The fourth-order valence-corrected chi connectivity index (χ4v) is 17.2. The number of aryl methyl sites for hydroxylation is 6. The van der Waals surface area contributed by atoms with Crippen molar-refractivity contribution in [2.75, 3.05) is 116 Å². The Hall–Kier alpha value is -7.26. The molecule has 564 valence electrons. The molecule has 6 aliphatic heterocycles. The lowest BCUT2D eigenvalue weighted by molar-refractivity contribution is -0.122.